The van der Waals surface area contributed by atoms with Crippen molar-refractivity contribution >= 4 is 0 Å². The molecular weight excluding hydrogens is 164 g/mol. The molecule has 0 saturated carbocycles. The molecule has 2 heterocycles. The first-order valence-electron chi connectivity index (χ1n) is 4.58. The standard InChI is InChI=1S/C10H12N2O/c11-8-10(5-1-2-6-12-10)9-4-3-7-13-9/h3-4,7,12H,1-2,5-6H2. The summed E-state index contributed by atoms with van der Waals surface area (Å²) in [6.07, 6.45) is 4.69. The Kier molecular flexibility index (Phi) is 2.07. The molecule has 0 aliphatic carbocycles. The van der Waals surface area contributed by atoms with Gasteiger partial charge in [0.05, 0.1) is 12.3 Å². The van der Waals surface area contributed by atoms with Gasteiger partial charge in [-0.2, -0.15) is 5.26 Å². The number of hydrogen-bond acceptors (Lipinski definition) is 3. The first-order chi connectivity index (χ1) is 6.37. The van der Waals surface area contributed by atoms with E-state index < -0.39 is 5.54 Å². The van der Waals surface area contributed by atoms with Gasteiger partial charge >= 0.3 is 0 Å². The molecule has 2 rings (SSSR count). The summed E-state index contributed by atoms with van der Waals surface area (Å²) >= 11 is 0. The molecule has 0 spiro atoms. The predicted octanol–water partition coefficient (Wildman–Crippen LogP) is 1.77. The van der Waals surface area contributed by atoms with Gasteiger partial charge in [0, 0.05) is 0 Å². The average molecular weight is 176 g/mol. The van der Waals surface area contributed by atoms with Gasteiger partial charge in [0.25, 0.3) is 0 Å². The normalized spacial score (nSPS) is 28.2. The summed E-state index contributed by atoms with van der Waals surface area (Å²) in [5, 5.41) is 12.4. The van der Waals surface area contributed by atoms with Crippen LogP contribution in [0.2, 0.25) is 0 Å². The molecule has 0 aromatic carbocycles. The molecule has 3 heteroatoms. The Morgan fingerprint density at radius 1 is 1.54 bits per heavy atom. The first kappa shape index (κ1) is 8.33. The van der Waals surface area contributed by atoms with Gasteiger partial charge < -0.3 is 4.42 Å². The molecule has 13 heavy (non-hydrogen) atoms. The molecule has 3 nitrogen and oxygen atoms in total. The van der Waals surface area contributed by atoms with E-state index in [1.165, 1.54) is 0 Å². The van der Waals surface area contributed by atoms with Gasteiger partial charge in [-0.15, -0.1) is 0 Å². The van der Waals surface area contributed by atoms with E-state index >= 15 is 0 Å². The van der Waals surface area contributed by atoms with Crippen molar-refractivity contribution in [2.45, 2.75) is 24.8 Å². The maximum atomic E-state index is 9.14. The summed E-state index contributed by atoms with van der Waals surface area (Å²) in [7, 11) is 0. The minimum atomic E-state index is -0.568. The molecule has 1 unspecified atom stereocenters. The van der Waals surface area contributed by atoms with E-state index in [9.17, 15) is 0 Å². The van der Waals surface area contributed by atoms with Gasteiger partial charge in [-0.1, -0.05) is 0 Å². The van der Waals surface area contributed by atoms with Crippen molar-refractivity contribution in [1.29, 1.82) is 5.26 Å². The quantitative estimate of drug-likeness (QED) is 0.709. The third kappa shape index (κ3) is 1.34. The van der Waals surface area contributed by atoms with Crippen molar-refractivity contribution in [2.24, 2.45) is 0 Å². The molecule has 1 aliphatic rings. The molecule has 1 saturated heterocycles. The fourth-order valence-corrected chi connectivity index (χ4v) is 1.79. The van der Waals surface area contributed by atoms with Crippen LogP contribution in [-0.4, -0.2) is 6.54 Å². The summed E-state index contributed by atoms with van der Waals surface area (Å²) in [5.41, 5.74) is -0.568. The highest BCUT2D eigenvalue weighted by atomic mass is 16.3. The molecule has 1 fully saturated rings. The molecule has 68 valence electrons. The Bertz CT molecular complexity index is 304. The lowest BCUT2D eigenvalue weighted by atomic mass is 9.88. The van der Waals surface area contributed by atoms with Crippen molar-refractivity contribution in [3.8, 4) is 6.07 Å². The third-order valence-corrected chi connectivity index (χ3v) is 2.54. The Morgan fingerprint density at radius 3 is 3.00 bits per heavy atom. The van der Waals surface area contributed by atoms with Crippen LogP contribution in [0.15, 0.2) is 22.8 Å². The second kappa shape index (κ2) is 3.23. The Hall–Kier alpha value is -1.27. The van der Waals surface area contributed by atoms with Gasteiger partial charge in [-0.05, 0) is 37.9 Å². The first-order valence-corrected chi connectivity index (χ1v) is 4.58. The minimum Gasteiger partial charge on any atom is -0.466 e. The van der Waals surface area contributed by atoms with E-state index in [1.54, 1.807) is 6.26 Å². The Balaban J connectivity index is 2.30. The van der Waals surface area contributed by atoms with Crippen LogP contribution in [0.1, 0.15) is 25.0 Å². The minimum absolute atomic E-state index is 0.568. The summed E-state index contributed by atoms with van der Waals surface area (Å²) in [5.74, 6) is 0.745. The summed E-state index contributed by atoms with van der Waals surface area (Å²) in [6.45, 7) is 0.897. The number of piperidine rings is 1. The second-order valence-electron chi connectivity index (χ2n) is 3.38. The molecule has 1 aromatic rings. The maximum absolute atomic E-state index is 9.14. The van der Waals surface area contributed by atoms with Crippen molar-refractivity contribution in [3.05, 3.63) is 24.2 Å². The highest BCUT2D eigenvalue weighted by molar-refractivity contribution is 5.23. The predicted molar refractivity (Wildman–Crippen MR) is 47.9 cm³/mol. The zero-order chi connectivity index (χ0) is 9.15. The van der Waals surface area contributed by atoms with E-state index in [-0.39, 0.29) is 0 Å². The molecule has 0 radical (unpaired) electrons. The largest absolute Gasteiger partial charge is 0.466 e. The van der Waals surface area contributed by atoms with Gasteiger partial charge in [-0.3, -0.25) is 5.32 Å². The molecule has 0 bridgehead atoms. The molecule has 1 N–H and O–H groups in total. The fourth-order valence-electron chi connectivity index (χ4n) is 1.79. The Labute approximate surface area is 77.4 Å². The monoisotopic (exact) mass is 176 g/mol. The lowest BCUT2D eigenvalue weighted by Gasteiger charge is -2.29. The number of furan rings is 1. The molecule has 1 atom stereocenters. The number of nitrogens with zero attached hydrogens (tertiary/aromatic N) is 1. The van der Waals surface area contributed by atoms with Crippen LogP contribution in [0.5, 0.6) is 0 Å². The molecule has 1 aromatic heterocycles. The lowest BCUT2D eigenvalue weighted by Crippen LogP contribution is -2.44. The van der Waals surface area contributed by atoms with Gasteiger partial charge in [-0.25, -0.2) is 0 Å². The summed E-state index contributed by atoms with van der Waals surface area (Å²) < 4.78 is 5.28. The fraction of sp³-hybridized carbons (Fsp3) is 0.500. The number of rotatable bonds is 1. The molecule has 1 aliphatic heterocycles. The third-order valence-electron chi connectivity index (χ3n) is 2.54. The van der Waals surface area contributed by atoms with Crippen molar-refractivity contribution in [1.82, 2.24) is 5.32 Å². The van der Waals surface area contributed by atoms with Crippen LogP contribution in [0.3, 0.4) is 0 Å². The zero-order valence-corrected chi connectivity index (χ0v) is 7.42. The summed E-state index contributed by atoms with van der Waals surface area (Å²) in [4.78, 5) is 0. The van der Waals surface area contributed by atoms with Crippen molar-refractivity contribution < 1.29 is 4.42 Å². The molecular formula is C10H12N2O. The van der Waals surface area contributed by atoms with E-state index in [0.717, 1.165) is 31.6 Å². The van der Waals surface area contributed by atoms with E-state index in [4.69, 9.17) is 9.68 Å². The number of nitriles is 1. The van der Waals surface area contributed by atoms with Crippen LogP contribution in [0.25, 0.3) is 0 Å². The van der Waals surface area contributed by atoms with Crippen LogP contribution < -0.4 is 5.32 Å². The summed E-state index contributed by atoms with van der Waals surface area (Å²) in [6, 6.07) is 6.00. The van der Waals surface area contributed by atoms with Crippen LogP contribution in [-0.2, 0) is 5.54 Å². The zero-order valence-electron chi connectivity index (χ0n) is 7.42. The van der Waals surface area contributed by atoms with Gasteiger partial charge in [0.1, 0.15) is 5.76 Å². The van der Waals surface area contributed by atoms with E-state index in [2.05, 4.69) is 11.4 Å². The Morgan fingerprint density at radius 2 is 2.46 bits per heavy atom. The maximum Gasteiger partial charge on any atom is 0.165 e. The van der Waals surface area contributed by atoms with Crippen LogP contribution in [0.4, 0.5) is 0 Å². The van der Waals surface area contributed by atoms with Gasteiger partial charge in [0.15, 0.2) is 5.54 Å². The topological polar surface area (TPSA) is 49.0 Å². The van der Waals surface area contributed by atoms with E-state index in [0.29, 0.717) is 0 Å². The SMILES string of the molecule is N#CC1(c2ccco2)CCCCN1. The lowest BCUT2D eigenvalue weighted by molar-refractivity contribution is 0.278. The van der Waals surface area contributed by atoms with E-state index in [1.807, 2.05) is 12.1 Å². The van der Waals surface area contributed by atoms with Crippen molar-refractivity contribution in [3.63, 3.8) is 0 Å². The highest BCUT2D eigenvalue weighted by Crippen LogP contribution is 2.29. The second-order valence-corrected chi connectivity index (χ2v) is 3.38. The van der Waals surface area contributed by atoms with Gasteiger partial charge in [0.2, 0.25) is 0 Å². The smallest absolute Gasteiger partial charge is 0.165 e. The number of nitrogens with one attached hydrogen (secondary N) is 1. The highest BCUT2D eigenvalue weighted by Gasteiger charge is 2.36. The van der Waals surface area contributed by atoms with Crippen LogP contribution in [0, 0.1) is 11.3 Å². The van der Waals surface area contributed by atoms with Crippen LogP contribution >= 0.6 is 0 Å². The molecule has 0 amide bonds. The number of hydrogen-bond donors (Lipinski definition) is 1. The average Bonchev–Trinajstić information content (AvgIpc) is 2.72. The van der Waals surface area contributed by atoms with Crippen molar-refractivity contribution in [2.75, 3.05) is 6.54 Å².